The third kappa shape index (κ3) is 6.71. The molecule has 1 aliphatic heterocycles. The van der Waals surface area contributed by atoms with Crippen LogP contribution in [0.5, 0.6) is 5.75 Å². The molecule has 0 bridgehead atoms. The van der Waals surface area contributed by atoms with E-state index in [-0.39, 0.29) is 5.41 Å². The number of unbranched alkanes of at least 4 members (excludes halogenated alkanes) is 1. The van der Waals surface area contributed by atoms with Gasteiger partial charge in [0.25, 0.3) is 0 Å². The first-order valence-corrected chi connectivity index (χ1v) is 12.2. The zero-order chi connectivity index (χ0) is 20.7. The van der Waals surface area contributed by atoms with Crippen LogP contribution in [0.15, 0.2) is 12.1 Å². The molecule has 3 nitrogen and oxygen atoms in total. The molecule has 160 valence electrons. The van der Waals surface area contributed by atoms with Crippen molar-refractivity contribution >= 4 is 8.60 Å². The molecule has 2 rings (SSSR count). The van der Waals surface area contributed by atoms with Crippen molar-refractivity contribution in [2.75, 3.05) is 13.2 Å². The molecule has 0 N–H and O–H groups in total. The Hall–Kier alpha value is -0.630. The van der Waals surface area contributed by atoms with Gasteiger partial charge in [0.05, 0.1) is 13.2 Å². The Kier molecular flexibility index (Phi) is 9.25. The predicted octanol–water partition coefficient (Wildman–Crippen LogP) is 7.63. The summed E-state index contributed by atoms with van der Waals surface area (Å²) >= 11 is 0. The van der Waals surface area contributed by atoms with Gasteiger partial charge in [-0.3, -0.25) is 0 Å². The van der Waals surface area contributed by atoms with E-state index in [2.05, 4.69) is 60.6 Å². The predicted molar refractivity (Wildman–Crippen MR) is 120 cm³/mol. The van der Waals surface area contributed by atoms with E-state index < -0.39 is 8.60 Å². The summed E-state index contributed by atoms with van der Waals surface area (Å²) in [6.45, 7) is 17.2. The van der Waals surface area contributed by atoms with Crippen LogP contribution in [0.4, 0.5) is 0 Å². The topological polar surface area (TPSA) is 27.7 Å². The molecular formula is C24H41O3P. The van der Waals surface area contributed by atoms with Crippen LogP contribution < -0.4 is 4.52 Å². The van der Waals surface area contributed by atoms with Crippen molar-refractivity contribution in [2.24, 2.45) is 17.3 Å². The second kappa shape index (κ2) is 11.0. The average Bonchev–Trinajstić information content (AvgIpc) is 2.63. The molecule has 4 heteroatoms. The molecule has 1 fully saturated rings. The van der Waals surface area contributed by atoms with Crippen molar-refractivity contribution in [3.63, 3.8) is 0 Å². The summed E-state index contributed by atoms with van der Waals surface area (Å²) in [4.78, 5) is 0. The van der Waals surface area contributed by atoms with Crippen molar-refractivity contribution in [1.82, 2.24) is 0 Å². The van der Waals surface area contributed by atoms with Crippen molar-refractivity contribution in [3.05, 3.63) is 28.8 Å². The van der Waals surface area contributed by atoms with Gasteiger partial charge in [-0.2, -0.15) is 0 Å². The van der Waals surface area contributed by atoms with Crippen LogP contribution in [0.1, 0.15) is 83.9 Å². The second-order valence-electron chi connectivity index (χ2n) is 9.43. The lowest BCUT2D eigenvalue weighted by atomic mass is 9.82. The van der Waals surface area contributed by atoms with Crippen LogP contribution in [-0.4, -0.2) is 13.2 Å². The van der Waals surface area contributed by atoms with Gasteiger partial charge in [0.2, 0.25) is 0 Å². The SMILES string of the molecule is CCCCC1(CC)COP(Oc2c(CC(C)C)cc(C)cc2CC(C)C)OC1. The van der Waals surface area contributed by atoms with Gasteiger partial charge >= 0.3 is 8.60 Å². The van der Waals surface area contributed by atoms with Gasteiger partial charge in [-0.1, -0.05) is 72.1 Å². The van der Waals surface area contributed by atoms with Gasteiger partial charge in [0.1, 0.15) is 5.75 Å². The van der Waals surface area contributed by atoms with E-state index in [4.69, 9.17) is 13.6 Å². The minimum Gasteiger partial charge on any atom is -0.426 e. The van der Waals surface area contributed by atoms with Crippen LogP contribution >= 0.6 is 8.60 Å². The number of aryl methyl sites for hydroxylation is 1. The van der Waals surface area contributed by atoms with E-state index in [1.54, 1.807) is 0 Å². The van der Waals surface area contributed by atoms with Crippen LogP contribution in [0.3, 0.4) is 0 Å². The summed E-state index contributed by atoms with van der Waals surface area (Å²) in [6.07, 6.45) is 6.74. The standard InChI is InChI=1S/C24H41O3P/c1-8-10-11-24(9-2)16-25-28(26-17-24)27-23-21(12-18(3)4)14-20(7)15-22(23)13-19(5)6/h14-15,18-19H,8-13,16-17H2,1-7H3. The molecule has 0 aromatic heterocycles. The highest BCUT2D eigenvalue weighted by Gasteiger charge is 2.37. The Morgan fingerprint density at radius 3 is 1.96 bits per heavy atom. The van der Waals surface area contributed by atoms with Crippen molar-refractivity contribution in [1.29, 1.82) is 0 Å². The Bertz CT molecular complexity index is 573. The molecule has 0 unspecified atom stereocenters. The molecule has 0 radical (unpaired) electrons. The first kappa shape index (κ1) is 23.6. The van der Waals surface area contributed by atoms with E-state index in [1.807, 2.05) is 0 Å². The van der Waals surface area contributed by atoms with Crippen LogP contribution in [0.2, 0.25) is 0 Å². The first-order chi connectivity index (χ1) is 13.3. The Balaban J connectivity index is 2.18. The fourth-order valence-corrected chi connectivity index (χ4v) is 5.21. The lowest BCUT2D eigenvalue weighted by molar-refractivity contribution is 0.00792. The molecule has 28 heavy (non-hydrogen) atoms. The maximum atomic E-state index is 6.44. The second-order valence-corrected chi connectivity index (χ2v) is 10.6. The smallest absolute Gasteiger partial charge is 0.397 e. The maximum absolute atomic E-state index is 6.44. The molecule has 0 atom stereocenters. The molecule has 1 saturated heterocycles. The third-order valence-electron chi connectivity index (χ3n) is 5.57. The van der Waals surface area contributed by atoms with Gasteiger partial charge in [-0.25, -0.2) is 0 Å². The molecule has 1 heterocycles. The van der Waals surface area contributed by atoms with Crippen molar-refractivity contribution < 1.29 is 13.6 Å². The van der Waals surface area contributed by atoms with Crippen LogP contribution in [0, 0.1) is 24.2 Å². The average molecular weight is 409 g/mol. The number of hydrogen-bond acceptors (Lipinski definition) is 3. The zero-order valence-electron chi connectivity index (χ0n) is 19.1. The molecule has 1 aromatic carbocycles. The van der Waals surface area contributed by atoms with Gasteiger partial charge in [0.15, 0.2) is 0 Å². The lowest BCUT2D eigenvalue weighted by Crippen LogP contribution is -2.34. The quantitative estimate of drug-likeness (QED) is 0.372. The molecule has 0 spiro atoms. The molecule has 1 aromatic rings. The summed E-state index contributed by atoms with van der Waals surface area (Å²) in [6, 6.07) is 4.55. The summed E-state index contributed by atoms with van der Waals surface area (Å²) in [7, 11) is -1.32. The third-order valence-corrected chi connectivity index (χ3v) is 6.58. The van der Waals surface area contributed by atoms with E-state index in [0.717, 1.165) is 38.2 Å². The van der Waals surface area contributed by atoms with Gasteiger partial charge in [0, 0.05) is 5.41 Å². The maximum Gasteiger partial charge on any atom is 0.397 e. The van der Waals surface area contributed by atoms with Crippen molar-refractivity contribution in [3.8, 4) is 5.75 Å². The van der Waals surface area contributed by atoms with E-state index in [9.17, 15) is 0 Å². The monoisotopic (exact) mass is 408 g/mol. The van der Waals surface area contributed by atoms with Gasteiger partial charge < -0.3 is 13.6 Å². The fourth-order valence-electron chi connectivity index (χ4n) is 3.89. The number of hydrogen-bond donors (Lipinski definition) is 0. The van der Waals surface area contributed by atoms with Gasteiger partial charge in [-0.15, -0.1) is 0 Å². The Morgan fingerprint density at radius 1 is 1.00 bits per heavy atom. The summed E-state index contributed by atoms with van der Waals surface area (Å²) in [5, 5.41) is 0. The van der Waals surface area contributed by atoms with E-state index in [1.165, 1.54) is 36.0 Å². The van der Waals surface area contributed by atoms with Gasteiger partial charge in [-0.05, 0) is 55.6 Å². The largest absolute Gasteiger partial charge is 0.426 e. The molecular weight excluding hydrogens is 367 g/mol. The summed E-state index contributed by atoms with van der Waals surface area (Å²) < 4.78 is 18.7. The zero-order valence-corrected chi connectivity index (χ0v) is 20.0. The Labute approximate surface area is 174 Å². The number of benzene rings is 1. The normalized spacial score (nSPS) is 22.8. The van der Waals surface area contributed by atoms with E-state index >= 15 is 0 Å². The molecule has 1 aliphatic rings. The first-order valence-electron chi connectivity index (χ1n) is 11.1. The molecule has 0 saturated carbocycles. The minimum absolute atomic E-state index is 0.160. The van der Waals surface area contributed by atoms with Crippen molar-refractivity contribution in [2.45, 2.75) is 87.0 Å². The van der Waals surface area contributed by atoms with Crippen LogP contribution in [-0.2, 0) is 21.9 Å². The van der Waals surface area contributed by atoms with E-state index in [0.29, 0.717) is 11.8 Å². The highest BCUT2D eigenvalue weighted by Crippen LogP contribution is 2.51. The summed E-state index contributed by atoms with van der Waals surface area (Å²) in [5.74, 6) is 2.18. The highest BCUT2D eigenvalue weighted by atomic mass is 31.2. The molecule has 0 amide bonds. The number of rotatable bonds is 10. The minimum atomic E-state index is -1.32. The molecule has 0 aliphatic carbocycles. The fraction of sp³-hybridized carbons (Fsp3) is 0.750. The summed E-state index contributed by atoms with van der Waals surface area (Å²) in [5.41, 5.74) is 4.05. The lowest BCUT2D eigenvalue weighted by Gasteiger charge is -2.38. The highest BCUT2D eigenvalue weighted by molar-refractivity contribution is 7.42. The van der Waals surface area contributed by atoms with Crippen LogP contribution in [0.25, 0.3) is 0 Å². The Morgan fingerprint density at radius 2 is 1.54 bits per heavy atom.